The first kappa shape index (κ1) is 17.2. The van der Waals surface area contributed by atoms with Gasteiger partial charge >= 0.3 is 0 Å². The fraction of sp³-hybridized carbons (Fsp3) is 0.0400. The van der Waals surface area contributed by atoms with Crippen molar-refractivity contribution in [1.82, 2.24) is 0 Å². The molecule has 0 aromatic heterocycles. The first-order valence-electron chi connectivity index (χ1n) is 9.12. The van der Waals surface area contributed by atoms with Gasteiger partial charge in [-0.3, -0.25) is 0 Å². The van der Waals surface area contributed by atoms with E-state index < -0.39 is 5.60 Å². The van der Waals surface area contributed by atoms with Crippen molar-refractivity contribution < 1.29 is 9.84 Å². The molecule has 0 spiro atoms. The highest BCUT2D eigenvalue weighted by Gasteiger charge is 2.44. The summed E-state index contributed by atoms with van der Waals surface area (Å²) in [5.41, 5.74) is 3.24. The Morgan fingerprint density at radius 2 is 1.29 bits per heavy atom. The molecule has 1 aliphatic carbocycles. The molecule has 0 saturated heterocycles. The quantitative estimate of drug-likeness (QED) is 0.403. The molecule has 3 heteroatoms. The van der Waals surface area contributed by atoms with Crippen molar-refractivity contribution in [1.29, 1.82) is 0 Å². The Morgan fingerprint density at radius 1 is 0.643 bits per heavy atom. The van der Waals surface area contributed by atoms with E-state index in [0.29, 0.717) is 5.75 Å². The van der Waals surface area contributed by atoms with Crippen LogP contribution in [-0.2, 0) is 5.60 Å². The average Bonchev–Trinajstić information content (AvgIpc) is 2.98. The summed E-state index contributed by atoms with van der Waals surface area (Å²) in [6.45, 7) is 0. The first-order chi connectivity index (χ1) is 13.7. The highest BCUT2D eigenvalue weighted by molar-refractivity contribution is 9.10. The van der Waals surface area contributed by atoms with Crippen LogP contribution in [-0.4, -0.2) is 5.11 Å². The van der Waals surface area contributed by atoms with Crippen LogP contribution in [0.1, 0.15) is 16.7 Å². The van der Waals surface area contributed by atoms with E-state index in [1.807, 2.05) is 84.9 Å². The van der Waals surface area contributed by atoms with Crippen LogP contribution in [0.25, 0.3) is 11.1 Å². The fourth-order valence-corrected chi connectivity index (χ4v) is 4.35. The number of hydrogen-bond acceptors (Lipinski definition) is 2. The Morgan fingerprint density at radius 3 is 2.11 bits per heavy atom. The number of hydrogen-bond donors (Lipinski definition) is 1. The van der Waals surface area contributed by atoms with Crippen molar-refractivity contribution in [3.8, 4) is 22.6 Å². The SMILES string of the molecule is OC1(c2ccccc2Oc2ccccc2)c2ccccc2-c2ccc(Br)cc21. The van der Waals surface area contributed by atoms with Gasteiger partial charge in [0.15, 0.2) is 0 Å². The van der Waals surface area contributed by atoms with E-state index in [1.54, 1.807) is 0 Å². The summed E-state index contributed by atoms with van der Waals surface area (Å²) in [5.74, 6) is 1.37. The third-order valence-electron chi connectivity index (χ3n) is 5.23. The molecule has 1 N–H and O–H groups in total. The van der Waals surface area contributed by atoms with Crippen LogP contribution in [0.3, 0.4) is 0 Å². The van der Waals surface area contributed by atoms with Crippen molar-refractivity contribution in [2.24, 2.45) is 0 Å². The molecule has 0 radical (unpaired) electrons. The van der Waals surface area contributed by atoms with Crippen LogP contribution in [0.4, 0.5) is 0 Å². The van der Waals surface area contributed by atoms with E-state index in [2.05, 4.69) is 28.1 Å². The van der Waals surface area contributed by atoms with Gasteiger partial charge in [-0.1, -0.05) is 82.7 Å². The maximum Gasteiger partial charge on any atom is 0.145 e. The van der Waals surface area contributed by atoms with Gasteiger partial charge in [-0.25, -0.2) is 0 Å². The molecular weight excluding hydrogens is 412 g/mol. The third kappa shape index (κ3) is 2.59. The lowest BCUT2D eigenvalue weighted by Crippen LogP contribution is -2.26. The molecule has 0 fully saturated rings. The molecule has 0 amide bonds. The lowest BCUT2D eigenvalue weighted by Gasteiger charge is -2.28. The van der Waals surface area contributed by atoms with Crippen molar-refractivity contribution in [2.45, 2.75) is 5.60 Å². The molecule has 1 unspecified atom stereocenters. The Bertz CT molecular complexity index is 1170. The molecule has 1 atom stereocenters. The van der Waals surface area contributed by atoms with Crippen LogP contribution in [0.15, 0.2) is 102 Å². The molecule has 4 aromatic rings. The van der Waals surface area contributed by atoms with E-state index in [1.165, 1.54) is 0 Å². The van der Waals surface area contributed by atoms with Gasteiger partial charge in [0, 0.05) is 21.2 Å². The Kier molecular flexibility index (Phi) is 4.08. The van der Waals surface area contributed by atoms with Gasteiger partial charge in [-0.2, -0.15) is 0 Å². The molecule has 5 rings (SSSR count). The molecule has 0 aliphatic heterocycles. The standard InChI is InChI=1S/C25H17BrO2/c26-17-14-15-20-19-10-4-5-11-21(19)25(27,23(20)16-17)22-12-6-7-13-24(22)28-18-8-2-1-3-9-18/h1-16,27H. The van der Waals surface area contributed by atoms with Gasteiger partial charge in [0.25, 0.3) is 0 Å². The third-order valence-corrected chi connectivity index (χ3v) is 5.72. The van der Waals surface area contributed by atoms with E-state index in [0.717, 1.165) is 38.0 Å². The molecule has 2 nitrogen and oxygen atoms in total. The fourth-order valence-electron chi connectivity index (χ4n) is 3.99. The summed E-state index contributed by atoms with van der Waals surface area (Å²) >= 11 is 3.56. The van der Waals surface area contributed by atoms with Crippen LogP contribution in [0, 0.1) is 0 Å². The minimum atomic E-state index is -1.29. The zero-order chi connectivity index (χ0) is 19.1. The predicted molar refractivity (Wildman–Crippen MR) is 115 cm³/mol. The summed E-state index contributed by atoms with van der Waals surface area (Å²) in [6.07, 6.45) is 0. The number of benzene rings is 4. The Labute approximate surface area is 172 Å². The predicted octanol–water partition coefficient (Wildman–Crippen LogP) is 6.51. The average molecular weight is 429 g/mol. The Balaban J connectivity index is 1.75. The van der Waals surface area contributed by atoms with Crippen molar-refractivity contribution in [2.75, 3.05) is 0 Å². The van der Waals surface area contributed by atoms with E-state index in [-0.39, 0.29) is 0 Å². The highest BCUT2D eigenvalue weighted by atomic mass is 79.9. The van der Waals surface area contributed by atoms with Gasteiger partial charge < -0.3 is 9.84 Å². The summed E-state index contributed by atoms with van der Waals surface area (Å²) in [6, 6.07) is 31.4. The van der Waals surface area contributed by atoms with E-state index in [9.17, 15) is 5.11 Å². The maximum absolute atomic E-state index is 12.1. The van der Waals surface area contributed by atoms with Crippen molar-refractivity contribution in [3.63, 3.8) is 0 Å². The zero-order valence-corrected chi connectivity index (χ0v) is 16.6. The van der Waals surface area contributed by atoms with Gasteiger partial charge in [-0.15, -0.1) is 0 Å². The topological polar surface area (TPSA) is 29.5 Å². The lowest BCUT2D eigenvalue weighted by molar-refractivity contribution is 0.128. The van der Waals surface area contributed by atoms with Gasteiger partial charge in [0.2, 0.25) is 0 Å². The maximum atomic E-state index is 12.1. The number of rotatable bonds is 3. The second kappa shape index (κ2) is 6.62. The van der Waals surface area contributed by atoms with E-state index in [4.69, 9.17) is 4.74 Å². The van der Waals surface area contributed by atoms with Crippen LogP contribution in [0.2, 0.25) is 0 Å². The summed E-state index contributed by atoms with van der Waals surface area (Å²) in [7, 11) is 0. The second-order valence-electron chi connectivity index (χ2n) is 6.86. The molecule has 0 saturated carbocycles. The van der Waals surface area contributed by atoms with Crippen molar-refractivity contribution in [3.05, 3.63) is 118 Å². The van der Waals surface area contributed by atoms with Crippen LogP contribution < -0.4 is 4.74 Å². The first-order valence-corrected chi connectivity index (χ1v) is 9.92. The zero-order valence-electron chi connectivity index (χ0n) is 15.0. The molecular formula is C25H17BrO2. The van der Waals surface area contributed by atoms with Gasteiger partial charge in [-0.05, 0) is 41.5 Å². The van der Waals surface area contributed by atoms with E-state index >= 15 is 0 Å². The molecule has 0 heterocycles. The number of fused-ring (bicyclic) bond motifs is 3. The minimum Gasteiger partial charge on any atom is -0.457 e. The summed E-state index contributed by atoms with van der Waals surface area (Å²) in [5, 5.41) is 12.1. The lowest BCUT2D eigenvalue weighted by atomic mass is 9.84. The highest BCUT2D eigenvalue weighted by Crippen LogP contribution is 2.53. The molecule has 0 bridgehead atoms. The number of ether oxygens (including phenoxy) is 1. The second-order valence-corrected chi connectivity index (χ2v) is 7.77. The summed E-state index contributed by atoms with van der Waals surface area (Å²) < 4.78 is 7.11. The number of aliphatic hydroxyl groups is 1. The van der Waals surface area contributed by atoms with Crippen LogP contribution in [0.5, 0.6) is 11.5 Å². The normalized spacial score (nSPS) is 17.1. The largest absolute Gasteiger partial charge is 0.457 e. The van der Waals surface area contributed by atoms with Crippen LogP contribution >= 0.6 is 15.9 Å². The number of halogens is 1. The van der Waals surface area contributed by atoms with Crippen molar-refractivity contribution >= 4 is 15.9 Å². The Hall–Kier alpha value is -2.88. The molecule has 28 heavy (non-hydrogen) atoms. The monoisotopic (exact) mass is 428 g/mol. The van der Waals surface area contributed by atoms with Gasteiger partial charge in [0.05, 0.1) is 0 Å². The summed E-state index contributed by atoms with van der Waals surface area (Å²) in [4.78, 5) is 0. The minimum absolute atomic E-state index is 0.638. The number of para-hydroxylation sites is 2. The molecule has 136 valence electrons. The van der Waals surface area contributed by atoms with Gasteiger partial charge in [0.1, 0.15) is 17.1 Å². The molecule has 4 aromatic carbocycles. The smallest absolute Gasteiger partial charge is 0.145 e. The molecule has 1 aliphatic rings.